The Balaban J connectivity index is 2.86. The Hall–Kier alpha value is -1.54. The lowest BCUT2D eigenvalue weighted by Gasteiger charge is -2.14. The van der Waals surface area contributed by atoms with Gasteiger partial charge >= 0.3 is 0 Å². The van der Waals surface area contributed by atoms with Crippen molar-refractivity contribution in [1.29, 1.82) is 0 Å². The standard InChI is InChI=1S/C13H17F2NO4S/c1-9(13(17)16-6-3-7-20-2)21(18,19)12-8-10(14)4-5-11(12)15/h4-5,8-9H,3,6-7H2,1-2H3,(H,16,17). The molecule has 1 N–H and O–H groups in total. The molecule has 0 aliphatic heterocycles. The number of hydrogen-bond acceptors (Lipinski definition) is 4. The molecule has 5 nitrogen and oxygen atoms in total. The first-order valence-corrected chi connectivity index (χ1v) is 7.81. The SMILES string of the molecule is COCCCNC(=O)C(C)S(=O)(=O)c1cc(F)ccc1F. The van der Waals surface area contributed by atoms with Gasteiger partial charge in [0.2, 0.25) is 5.91 Å². The molecule has 0 aliphatic rings. The minimum Gasteiger partial charge on any atom is -0.385 e. The smallest absolute Gasteiger partial charge is 0.238 e. The van der Waals surface area contributed by atoms with Crippen LogP contribution in [0.1, 0.15) is 13.3 Å². The predicted molar refractivity (Wildman–Crippen MR) is 72.5 cm³/mol. The molecule has 0 radical (unpaired) electrons. The van der Waals surface area contributed by atoms with E-state index in [1.165, 1.54) is 7.11 Å². The van der Waals surface area contributed by atoms with Crippen LogP contribution >= 0.6 is 0 Å². The number of halogens is 2. The first-order valence-electron chi connectivity index (χ1n) is 6.26. The van der Waals surface area contributed by atoms with Crippen LogP contribution < -0.4 is 5.32 Å². The van der Waals surface area contributed by atoms with Crippen molar-refractivity contribution in [2.45, 2.75) is 23.5 Å². The molecule has 0 bridgehead atoms. The Kier molecular flexibility index (Phi) is 6.22. The Morgan fingerprint density at radius 2 is 2.05 bits per heavy atom. The van der Waals surface area contributed by atoms with Crippen LogP contribution in [0.4, 0.5) is 8.78 Å². The second kappa shape index (κ2) is 7.46. The van der Waals surface area contributed by atoms with E-state index in [2.05, 4.69) is 5.32 Å². The van der Waals surface area contributed by atoms with Crippen LogP contribution in [-0.4, -0.2) is 39.8 Å². The highest BCUT2D eigenvalue weighted by Gasteiger charge is 2.32. The van der Waals surface area contributed by atoms with E-state index in [1.54, 1.807) is 0 Å². The lowest BCUT2D eigenvalue weighted by atomic mass is 10.3. The molecule has 8 heteroatoms. The second-order valence-corrected chi connectivity index (χ2v) is 6.64. The number of nitrogens with one attached hydrogen (secondary N) is 1. The average Bonchev–Trinajstić information content (AvgIpc) is 2.45. The molecule has 0 saturated heterocycles. The maximum absolute atomic E-state index is 13.5. The number of benzene rings is 1. The quantitative estimate of drug-likeness (QED) is 0.768. The van der Waals surface area contributed by atoms with Gasteiger partial charge in [-0.25, -0.2) is 17.2 Å². The maximum atomic E-state index is 13.5. The molecule has 1 aromatic rings. The highest BCUT2D eigenvalue weighted by molar-refractivity contribution is 7.92. The molecule has 1 atom stereocenters. The minimum absolute atomic E-state index is 0.234. The van der Waals surface area contributed by atoms with Crippen LogP contribution in [0.5, 0.6) is 0 Å². The van der Waals surface area contributed by atoms with Crippen molar-refractivity contribution in [3.63, 3.8) is 0 Å². The summed E-state index contributed by atoms with van der Waals surface area (Å²) in [6, 6.07) is 2.09. The van der Waals surface area contributed by atoms with E-state index in [9.17, 15) is 22.0 Å². The van der Waals surface area contributed by atoms with Gasteiger partial charge in [0.25, 0.3) is 0 Å². The number of methoxy groups -OCH3 is 1. The van der Waals surface area contributed by atoms with Crippen molar-refractivity contribution in [3.05, 3.63) is 29.8 Å². The van der Waals surface area contributed by atoms with Gasteiger partial charge in [-0.1, -0.05) is 0 Å². The zero-order chi connectivity index (χ0) is 16.0. The van der Waals surface area contributed by atoms with E-state index in [4.69, 9.17) is 4.74 Å². The minimum atomic E-state index is -4.29. The Labute approximate surface area is 122 Å². The van der Waals surface area contributed by atoms with Gasteiger partial charge in [0.15, 0.2) is 9.84 Å². The summed E-state index contributed by atoms with van der Waals surface area (Å²) >= 11 is 0. The van der Waals surface area contributed by atoms with Crippen LogP contribution in [-0.2, 0) is 19.4 Å². The summed E-state index contributed by atoms with van der Waals surface area (Å²) in [7, 11) is -2.79. The van der Waals surface area contributed by atoms with E-state index in [0.717, 1.165) is 13.0 Å². The molecule has 1 aromatic carbocycles. The van der Waals surface area contributed by atoms with Crippen molar-refractivity contribution in [2.75, 3.05) is 20.3 Å². The zero-order valence-corrected chi connectivity index (χ0v) is 12.5. The van der Waals surface area contributed by atoms with Crippen LogP contribution in [0.15, 0.2) is 23.1 Å². The third-order valence-corrected chi connectivity index (χ3v) is 4.93. The molecular weight excluding hydrogens is 304 g/mol. The Morgan fingerprint density at radius 1 is 1.38 bits per heavy atom. The van der Waals surface area contributed by atoms with Crippen molar-refractivity contribution in [2.24, 2.45) is 0 Å². The lowest BCUT2D eigenvalue weighted by Crippen LogP contribution is -2.38. The monoisotopic (exact) mass is 321 g/mol. The summed E-state index contributed by atoms with van der Waals surface area (Å²) in [4.78, 5) is 11.0. The van der Waals surface area contributed by atoms with Gasteiger partial charge in [0, 0.05) is 20.3 Å². The molecule has 21 heavy (non-hydrogen) atoms. The summed E-state index contributed by atoms with van der Waals surface area (Å²) in [5.74, 6) is -2.74. The fourth-order valence-corrected chi connectivity index (χ4v) is 2.96. The molecule has 0 spiro atoms. The van der Waals surface area contributed by atoms with Crippen molar-refractivity contribution in [3.8, 4) is 0 Å². The Bertz CT molecular complexity index is 604. The maximum Gasteiger partial charge on any atom is 0.238 e. The molecule has 0 heterocycles. The van der Waals surface area contributed by atoms with E-state index in [0.29, 0.717) is 25.2 Å². The number of amides is 1. The molecule has 0 aliphatic carbocycles. The van der Waals surface area contributed by atoms with Crippen LogP contribution in [0, 0.1) is 11.6 Å². The molecule has 0 saturated carbocycles. The largest absolute Gasteiger partial charge is 0.385 e. The highest BCUT2D eigenvalue weighted by atomic mass is 32.2. The fraction of sp³-hybridized carbons (Fsp3) is 0.462. The van der Waals surface area contributed by atoms with Gasteiger partial charge in [0.05, 0.1) is 0 Å². The first-order chi connectivity index (χ1) is 9.80. The number of hydrogen-bond donors (Lipinski definition) is 1. The van der Waals surface area contributed by atoms with E-state index in [1.807, 2.05) is 0 Å². The van der Waals surface area contributed by atoms with Gasteiger partial charge < -0.3 is 10.1 Å². The third-order valence-electron chi connectivity index (χ3n) is 2.86. The van der Waals surface area contributed by atoms with Gasteiger partial charge in [-0.2, -0.15) is 0 Å². The summed E-state index contributed by atoms with van der Waals surface area (Å²) < 4.78 is 55.7. The molecule has 0 aromatic heterocycles. The zero-order valence-electron chi connectivity index (χ0n) is 11.7. The normalized spacial score (nSPS) is 13.0. The predicted octanol–water partition coefficient (Wildman–Crippen LogP) is 1.28. The van der Waals surface area contributed by atoms with Gasteiger partial charge in [0.1, 0.15) is 21.8 Å². The van der Waals surface area contributed by atoms with Gasteiger partial charge in [-0.15, -0.1) is 0 Å². The number of carbonyl (C=O) groups excluding carboxylic acids is 1. The summed E-state index contributed by atoms with van der Waals surface area (Å²) in [6.07, 6.45) is 0.517. The van der Waals surface area contributed by atoms with Crippen LogP contribution in [0.2, 0.25) is 0 Å². The number of rotatable bonds is 7. The second-order valence-electron chi connectivity index (χ2n) is 4.40. The van der Waals surface area contributed by atoms with Crippen molar-refractivity contribution < 1.29 is 26.7 Å². The van der Waals surface area contributed by atoms with Gasteiger partial charge in [-0.3, -0.25) is 4.79 Å². The molecule has 1 rings (SSSR count). The highest BCUT2D eigenvalue weighted by Crippen LogP contribution is 2.20. The molecular formula is C13H17F2NO4S. The van der Waals surface area contributed by atoms with Crippen molar-refractivity contribution in [1.82, 2.24) is 5.32 Å². The molecule has 118 valence electrons. The van der Waals surface area contributed by atoms with E-state index >= 15 is 0 Å². The van der Waals surface area contributed by atoms with Crippen LogP contribution in [0.25, 0.3) is 0 Å². The fourth-order valence-electron chi connectivity index (χ4n) is 1.60. The van der Waals surface area contributed by atoms with E-state index < -0.39 is 37.5 Å². The molecule has 1 amide bonds. The lowest BCUT2D eigenvalue weighted by molar-refractivity contribution is -0.120. The summed E-state index contributed by atoms with van der Waals surface area (Å²) in [5, 5.41) is 0.896. The number of ether oxygens (including phenoxy) is 1. The third kappa shape index (κ3) is 4.47. The molecule has 1 unspecified atom stereocenters. The topological polar surface area (TPSA) is 72.5 Å². The van der Waals surface area contributed by atoms with E-state index in [-0.39, 0.29) is 6.54 Å². The molecule has 0 fully saturated rings. The number of carbonyl (C=O) groups is 1. The number of sulfone groups is 1. The summed E-state index contributed by atoms with van der Waals surface area (Å²) in [5.41, 5.74) is 0. The van der Waals surface area contributed by atoms with Crippen LogP contribution in [0.3, 0.4) is 0 Å². The Morgan fingerprint density at radius 3 is 2.67 bits per heavy atom. The summed E-state index contributed by atoms with van der Waals surface area (Å²) in [6.45, 7) is 1.78. The first kappa shape index (κ1) is 17.5. The van der Waals surface area contributed by atoms with Gasteiger partial charge in [-0.05, 0) is 31.5 Å². The van der Waals surface area contributed by atoms with Crippen molar-refractivity contribution >= 4 is 15.7 Å². The average molecular weight is 321 g/mol.